The summed E-state index contributed by atoms with van der Waals surface area (Å²) in [5.41, 5.74) is 0. The number of esters is 3. The van der Waals surface area contributed by atoms with Crippen LogP contribution in [0.15, 0.2) is 109 Å². The highest BCUT2D eigenvalue weighted by atomic mass is 16.6. The van der Waals surface area contributed by atoms with E-state index in [1.165, 1.54) is 25.7 Å². The minimum Gasteiger partial charge on any atom is -0.462 e. The molecule has 0 saturated carbocycles. The number of hydrogen-bond donors (Lipinski definition) is 0. The average molecular weight is 775 g/mol. The molecule has 1 atom stereocenters. The Morgan fingerprint density at radius 2 is 0.786 bits per heavy atom. The summed E-state index contributed by atoms with van der Waals surface area (Å²) >= 11 is 0. The zero-order valence-electron chi connectivity index (χ0n) is 35.6. The van der Waals surface area contributed by atoms with Gasteiger partial charge in [-0.05, 0) is 96.3 Å². The first kappa shape index (κ1) is 52.1. The van der Waals surface area contributed by atoms with Crippen molar-refractivity contribution in [2.75, 3.05) is 13.2 Å². The molecular formula is C50H78O6. The van der Waals surface area contributed by atoms with Crippen molar-refractivity contribution in [3.8, 4) is 0 Å². The van der Waals surface area contributed by atoms with Crippen LogP contribution in [0, 0.1) is 0 Å². The SMILES string of the molecule is CC/C=C\C/C=C\C/C=C\CC(=O)OCC(COC(=O)CCC/C=C\C/C=C\C/C=C\C/C=C\CCCCC)OC(=O)CCCCCCC/C=C\C/C=C\CC. The molecule has 0 spiro atoms. The maximum atomic E-state index is 12.7. The molecule has 0 fully saturated rings. The zero-order chi connectivity index (χ0) is 40.8. The molecule has 0 bridgehead atoms. The van der Waals surface area contributed by atoms with Crippen LogP contribution in [0.5, 0.6) is 0 Å². The summed E-state index contributed by atoms with van der Waals surface area (Å²) in [6.07, 6.45) is 58.3. The highest BCUT2D eigenvalue weighted by Gasteiger charge is 2.19. The van der Waals surface area contributed by atoms with Crippen LogP contribution in [0.2, 0.25) is 0 Å². The van der Waals surface area contributed by atoms with Crippen molar-refractivity contribution in [3.05, 3.63) is 109 Å². The highest BCUT2D eigenvalue weighted by molar-refractivity contribution is 5.72. The minimum absolute atomic E-state index is 0.118. The van der Waals surface area contributed by atoms with Gasteiger partial charge in [0.1, 0.15) is 13.2 Å². The van der Waals surface area contributed by atoms with Crippen LogP contribution in [-0.2, 0) is 28.6 Å². The Hall–Kier alpha value is -3.93. The van der Waals surface area contributed by atoms with E-state index in [-0.39, 0.29) is 44.4 Å². The third-order valence-corrected chi connectivity index (χ3v) is 8.53. The lowest BCUT2D eigenvalue weighted by atomic mass is 10.1. The number of allylic oxidation sites excluding steroid dienone is 17. The third-order valence-electron chi connectivity index (χ3n) is 8.53. The molecule has 0 aliphatic rings. The van der Waals surface area contributed by atoms with Crippen molar-refractivity contribution in [3.63, 3.8) is 0 Å². The molecule has 0 aromatic carbocycles. The van der Waals surface area contributed by atoms with Crippen molar-refractivity contribution >= 4 is 17.9 Å². The molecule has 0 rings (SSSR count). The first-order chi connectivity index (χ1) is 27.5. The fourth-order valence-corrected chi connectivity index (χ4v) is 5.29. The van der Waals surface area contributed by atoms with Crippen molar-refractivity contribution in [2.24, 2.45) is 0 Å². The molecule has 1 unspecified atom stereocenters. The van der Waals surface area contributed by atoms with E-state index in [1.807, 2.05) is 6.08 Å². The molecule has 0 N–H and O–H groups in total. The van der Waals surface area contributed by atoms with Crippen LogP contribution < -0.4 is 0 Å². The number of carbonyl (C=O) groups excluding carboxylic acids is 3. The lowest BCUT2D eigenvalue weighted by molar-refractivity contribution is -0.166. The number of hydrogen-bond acceptors (Lipinski definition) is 6. The van der Waals surface area contributed by atoms with E-state index >= 15 is 0 Å². The van der Waals surface area contributed by atoms with Crippen LogP contribution in [0.25, 0.3) is 0 Å². The van der Waals surface area contributed by atoms with Crippen molar-refractivity contribution in [2.45, 2.75) is 175 Å². The first-order valence-corrected chi connectivity index (χ1v) is 21.9. The Balaban J connectivity index is 4.55. The molecule has 0 aliphatic heterocycles. The molecule has 0 amide bonds. The second-order valence-corrected chi connectivity index (χ2v) is 13.8. The van der Waals surface area contributed by atoms with Gasteiger partial charge >= 0.3 is 17.9 Å². The number of unbranched alkanes of at least 4 members (excludes halogenated alkanes) is 9. The summed E-state index contributed by atoms with van der Waals surface area (Å²) in [4.78, 5) is 37.5. The summed E-state index contributed by atoms with van der Waals surface area (Å²) < 4.78 is 16.5. The van der Waals surface area contributed by atoms with Gasteiger partial charge in [-0.2, -0.15) is 0 Å². The molecule has 56 heavy (non-hydrogen) atoms. The molecule has 314 valence electrons. The monoisotopic (exact) mass is 775 g/mol. The molecule has 0 aromatic rings. The largest absolute Gasteiger partial charge is 0.462 e. The quantitative estimate of drug-likeness (QED) is 0.0271. The van der Waals surface area contributed by atoms with Crippen molar-refractivity contribution in [1.29, 1.82) is 0 Å². The number of rotatable bonds is 37. The second kappa shape index (κ2) is 43.8. The van der Waals surface area contributed by atoms with Gasteiger partial charge in [0, 0.05) is 12.8 Å². The van der Waals surface area contributed by atoms with E-state index in [1.54, 1.807) is 6.08 Å². The Bertz CT molecular complexity index is 1210. The Labute approximate surface area is 342 Å². The standard InChI is InChI=1S/C50H78O6/c1-4-7-10-13-16-19-21-23-24-25-26-27-29-31-34-37-40-43-49(52)55-46-47(45-54-48(51)42-39-36-33-30-18-15-12-9-6-3)56-50(53)44-41-38-35-32-28-22-20-17-14-11-8-5-2/h8-9,11-12,16-20,23-24,26-27,30-31,34,36,39,47H,4-7,10,13-15,21-22,25,28-29,32-33,35,37-38,40-46H2,1-3H3/b11-8-,12-9-,19-16-,20-17-,24-23-,27-26-,30-18-,34-31-,39-36-. The van der Waals surface area contributed by atoms with E-state index in [4.69, 9.17) is 14.2 Å². The smallest absolute Gasteiger partial charge is 0.309 e. The van der Waals surface area contributed by atoms with Gasteiger partial charge in [0.15, 0.2) is 6.10 Å². The normalized spacial score (nSPS) is 13.1. The van der Waals surface area contributed by atoms with Gasteiger partial charge in [-0.15, -0.1) is 0 Å². The maximum Gasteiger partial charge on any atom is 0.309 e. The molecule has 6 heteroatoms. The molecule has 0 radical (unpaired) electrons. The summed E-state index contributed by atoms with van der Waals surface area (Å²) in [6, 6.07) is 0. The number of carbonyl (C=O) groups is 3. The van der Waals surface area contributed by atoms with Crippen LogP contribution in [0.4, 0.5) is 0 Å². The van der Waals surface area contributed by atoms with Gasteiger partial charge < -0.3 is 14.2 Å². The van der Waals surface area contributed by atoms with Crippen LogP contribution in [0.3, 0.4) is 0 Å². The van der Waals surface area contributed by atoms with Crippen molar-refractivity contribution < 1.29 is 28.6 Å². The molecule has 0 aromatic heterocycles. The first-order valence-electron chi connectivity index (χ1n) is 21.9. The fourth-order valence-electron chi connectivity index (χ4n) is 5.29. The zero-order valence-corrected chi connectivity index (χ0v) is 35.6. The Kier molecular flexibility index (Phi) is 40.7. The molecule has 0 heterocycles. The van der Waals surface area contributed by atoms with Crippen LogP contribution in [0.1, 0.15) is 168 Å². The predicted molar refractivity (Wildman–Crippen MR) is 237 cm³/mol. The number of ether oxygens (including phenoxy) is 3. The van der Waals surface area contributed by atoms with Gasteiger partial charge in [0.2, 0.25) is 0 Å². The van der Waals surface area contributed by atoms with Gasteiger partial charge in [-0.1, -0.05) is 162 Å². The maximum absolute atomic E-state index is 12.7. The van der Waals surface area contributed by atoms with Crippen LogP contribution >= 0.6 is 0 Å². The van der Waals surface area contributed by atoms with E-state index in [0.29, 0.717) is 6.42 Å². The van der Waals surface area contributed by atoms with Gasteiger partial charge in [-0.3, -0.25) is 14.4 Å². The average Bonchev–Trinajstić information content (AvgIpc) is 3.19. The minimum atomic E-state index is -0.842. The van der Waals surface area contributed by atoms with E-state index < -0.39 is 12.1 Å². The third kappa shape index (κ3) is 41.2. The Morgan fingerprint density at radius 1 is 0.393 bits per heavy atom. The second-order valence-electron chi connectivity index (χ2n) is 13.8. The fraction of sp³-hybridized carbons (Fsp3) is 0.580. The molecule has 0 aliphatic carbocycles. The highest BCUT2D eigenvalue weighted by Crippen LogP contribution is 2.11. The van der Waals surface area contributed by atoms with Gasteiger partial charge in [0.05, 0.1) is 6.42 Å². The summed E-state index contributed by atoms with van der Waals surface area (Å²) in [6.45, 7) is 6.18. The Morgan fingerprint density at radius 3 is 1.30 bits per heavy atom. The predicted octanol–water partition coefficient (Wildman–Crippen LogP) is 14.0. The molecular weight excluding hydrogens is 697 g/mol. The lowest BCUT2D eigenvalue weighted by Gasteiger charge is -2.18. The lowest BCUT2D eigenvalue weighted by Crippen LogP contribution is -2.30. The molecule has 6 nitrogen and oxygen atoms in total. The van der Waals surface area contributed by atoms with Gasteiger partial charge in [0.25, 0.3) is 0 Å². The van der Waals surface area contributed by atoms with Crippen LogP contribution in [-0.4, -0.2) is 37.2 Å². The van der Waals surface area contributed by atoms with E-state index in [9.17, 15) is 14.4 Å². The summed E-state index contributed by atoms with van der Waals surface area (Å²) in [5, 5.41) is 0. The van der Waals surface area contributed by atoms with E-state index in [0.717, 1.165) is 96.3 Å². The summed E-state index contributed by atoms with van der Waals surface area (Å²) in [5.74, 6) is -1.15. The van der Waals surface area contributed by atoms with E-state index in [2.05, 4.69) is 118 Å². The topological polar surface area (TPSA) is 78.9 Å². The molecule has 0 saturated heterocycles. The summed E-state index contributed by atoms with van der Waals surface area (Å²) in [7, 11) is 0. The van der Waals surface area contributed by atoms with Gasteiger partial charge in [-0.25, -0.2) is 0 Å². The van der Waals surface area contributed by atoms with Crippen molar-refractivity contribution in [1.82, 2.24) is 0 Å².